The molecule has 0 saturated carbocycles. The summed E-state index contributed by atoms with van der Waals surface area (Å²) in [4.78, 5) is 10.6. The Kier molecular flexibility index (Phi) is 3.76. The van der Waals surface area contributed by atoms with Crippen LogP contribution in [0.5, 0.6) is 11.5 Å². The maximum atomic E-state index is 10.6. The highest BCUT2D eigenvalue weighted by atomic mass is 16.7. The number of aldehydes is 1. The van der Waals surface area contributed by atoms with E-state index in [0.29, 0.717) is 30.3 Å². The molecule has 3 rings (SSSR count). The van der Waals surface area contributed by atoms with Gasteiger partial charge in [0, 0.05) is 11.1 Å². The van der Waals surface area contributed by atoms with Crippen molar-refractivity contribution in [3.63, 3.8) is 0 Å². The first-order chi connectivity index (χ1) is 9.85. The van der Waals surface area contributed by atoms with Crippen LogP contribution in [-0.2, 0) is 9.47 Å². The van der Waals surface area contributed by atoms with Gasteiger partial charge in [-0.15, -0.1) is 0 Å². The summed E-state index contributed by atoms with van der Waals surface area (Å²) in [7, 11) is 0. The molecule has 0 radical (unpaired) electrons. The van der Waals surface area contributed by atoms with Gasteiger partial charge in [-0.1, -0.05) is 12.1 Å². The van der Waals surface area contributed by atoms with E-state index in [2.05, 4.69) is 0 Å². The lowest BCUT2D eigenvalue weighted by atomic mass is 10.2. The molecule has 1 fully saturated rings. The van der Waals surface area contributed by atoms with Gasteiger partial charge in [-0.3, -0.25) is 4.79 Å². The Morgan fingerprint density at radius 1 is 1.00 bits per heavy atom. The van der Waals surface area contributed by atoms with Crippen molar-refractivity contribution >= 4 is 6.29 Å². The lowest BCUT2D eigenvalue weighted by Gasteiger charge is -2.11. The average Bonchev–Trinajstić information content (AvgIpc) is 3.03. The molecule has 0 amide bonds. The summed E-state index contributed by atoms with van der Waals surface area (Å²) >= 11 is 0. The van der Waals surface area contributed by atoms with Crippen LogP contribution >= 0.6 is 0 Å². The van der Waals surface area contributed by atoms with E-state index in [4.69, 9.17) is 14.2 Å². The Morgan fingerprint density at radius 3 is 2.45 bits per heavy atom. The SMILES string of the molecule is O=Cc1ccc(Oc2cccc(C3OCCO3)c2)cc1. The van der Waals surface area contributed by atoms with E-state index >= 15 is 0 Å². The number of hydrogen-bond donors (Lipinski definition) is 0. The van der Waals surface area contributed by atoms with Crippen LogP contribution < -0.4 is 4.74 Å². The molecule has 1 saturated heterocycles. The van der Waals surface area contributed by atoms with E-state index in [1.54, 1.807) is 24.3 Å². The first-order valence-corrected chi connectivity index (χ1v) is 6.41. The smallest absolute Gasteiger partial charge is 0.184 e. The van der Waals surface area contributed by atoms with Gasteiger partial charge < -0.3 is 14.2 Å². The minimum Gasteiger partial charge on any atom is -0.457 e. The molecule has 1 aliphatic heterocycles. The fourth-order valence-corrected chi connectivity index (χ4v) is 2.03. The summed E-state index contributed by atoms with van der Waals surface area (Å²) in [6.07, 6.45) is 0.495. The average molecular weight is 270 g/mol. The number of ether oxygens (including phenoxy) is 3. The van der Waals surface area contributed by atoms with Crippen LogP contribution in [0.25, 0.3) is 0 Å². The van der Waals surface area contributed by atoms with Crippen LogP contribution in [0.15, 0.2) is 48.5 Å². The van der Waals surface area contributed by atoms with E-state index in [9.17, 15) is 4.79 Å². The third-order valence-corrected chi connectivity index (χ3v) is 3.00. The molecule has 0 unspecified atom stereocenters. The predicted octanol–water partition coefficient (Wildman–Crippen LogP) is 3.34. The number of benzene rings is 2. The molecule has 102 valence electrons. The van der Waals surface area contributed by atoms with Gasteiger partial charge in [-0.25, -0.2) is 0 Å². The zero-order valence-electron chi connectivity index (χ0n) is 10.8. The van der Waals surface area contributed by atoms with Crippen LogP contribution in [0.1, 0.15) is 22.2 Å². The molecule has 20 heavy (non-hydrogen) atoms. The van der Waals surface area contributed by atoms with E-state index in [-0.39, 0.29) is 6.29 Å². The van der Waals surface area contributed by atoms with Gasteiger partial charge >= 0.3 is 0 Å². The summed E-state index contributed by atoms with van der Waals surface area (Å²) in [5, 5.41) is 0. The molecule has 0 N–H and O–H groups in total. The van der Waals surface area contributed by atoms with Gasteiger partial charge in [0.1, 0.15) is 17.8 Å². The van der Waals surface area contributed by atoms with Crippen molar-refractivity contribution in [2.75, 3.05) is 13.2 Å². The number of hydrogen-bond acceptors (Lipinski definition) is 4. The second kappa shape index (κ2) is 5.86. The van der Waals surface area contributed by atoms with E-state index in [1.165, 1.54) is 0 Å². The lowest BCUT2D eigenvalue weighted by molar-refractivity contribution is -0.0442. The van der Waals surface area contributed by atoms with E-state index in [0.717, 1.165) is 11.8 Å². The Morgan fingerprint density at radius 2 is 1.75 bits per heavy atom. The molecule has 1 aliphatic rings. The van der Waals surface area contributed by atoms with Crippen LogP contribution in [0.4, 0.5) is 0 Å². The standard InChI is InChI=1S/C16H14O4/c17-11-12-4-6-14(7-5-12)20-15-3-1-2-13(10-15)16-18-8-9-19-16/h1-7,10-11,16H,8-9H2. The van der Waals surface area contributed by atoms with Crippen molar-refractivity contribution < 1.29 is 19.0 Å². The molecule has 0 aromatic heterocycles. The normalized spacial score (nSPS) is 15.2. The van der Waals surface area contributed by atoms with Gasteiger partial charge in [-0.2, -0.15) is 0 Å². The monoisotopic (exact) mass is 270 g/mol. The molecule has 0 spiro atoms. The second-order valence-electron chi connectivity index (χ2n) is 4.43. The molecule has 2 aromatic rings. The van der Waals surface area contributed by atoms with Crippen molar-refractivity contribution in [3.8, 4) is 11.5 Å². The molecule has 2 aromatic carbocycles. The topological polar surface area (TPSA) is 44.8 Å². The molecule has 0 bridgehead atoms. The number of rotatable bonds is 4. The van der Waals surface area contributed by atoms with Gasteiger partial charge in [0.2, 0.25) is 0 Å². The molecular weight excluding hydrogens is 256 g/mol. The summed E-state index contributed by atoms with van der Waals surface area (Å²) < 4.78 is 16.7. The van der Waals surface area contributed by atoms with Crippen molar-refractivity contribution in [1.29, 1.82) is 0 Å². The Hall–Kier alpha value is -2.17. The Balaban J connectivity index is 1.76. The summed E-state index contributed by atoms with van der Waals surface area (Å²) in [5.74, 6) is 1.39. The van der Waals surface area contributed by atoms with Gasteiger partial charge in [-0.05, 0) is 36.4 Å². The van der Waals surface area contributed by atoms with Crippen molar-refractivity contribution in [3.05, 3.63) is 59.7 Å². The molecule has 0 atom stereocenters. The predicted molar refractivity (Wildman–Crippen MR) is 73.0 cm³/mol. The highest BCUT2D eigenvalue weighted by Crippen LogP contribution is 2.28. The van der Waals surface area contributed by atoms with Crippen LogP contribution in [0, 0.1) is 0 Å². The molecule has 1 heterocycles. The van der Waals surface area contributed by atoms with Gasteiger partial charge in [0.15, 0.2) is 6.29 Å². The maximum absolute atomic E-state index is 10.6. The molecule has 4 heteroatoms. The highest BCUT2D eigenvalue weighted by molar-refractivity contribution is 5.74. The quantitative estimate of drug-likeness (QED) is 0.799. The van der Waals surface area contributed by atoms with Crippen molar-refractivity contribution in [2.45, 2.75) is 6.29 Å². The molecular formula is C16H14O4. The van der Waals surface area contributed by atoms with E-state index < -0.39 is 0 Å². The third kappa shape index (κ3) is 2.87. The molecule has 4 nitrogen and oxygen atoms in total. The second-order valence-corrected chi connectivity index (χ2v) is 4.43. The van der Waals surface area contributed by atoms with Crippen LogP contribution in [0.3, 0.4) is 0 Å². The highest BCUT2D eigenvalue weighted by Gasteiger charge is 2.18. The van der Waals surface area contributed by atoms with Crippen molar-refractivity contribution in [1.82, 2.24) is 0 Å². The summed E-state index contributed by atoms with van der Waals surface area (Å²) in [6, 6.07) is 14.6. The van der Waals surface area contributed by atoms with Crippen LogP contribution in [0.2, 0.25) is 0 Å². The lowest BCUT2D eigenvalue weighted by Crippen LogP contribution is -1.98. The minimum absolute atomic E-state index is 0.309. The third-order valence-electron chi connectivity index (χ3n) is 3.00. The zero-order valence-corrected chi connectivity index (χ0v) is 10.8. The Bertz CT molecular complexity index is 586. The number of carbonyl (C=O) groups excluding carboxylic acids is 1. The fraction of sp³-hybridized carbons (Fsp3) is 0.188. The van der Waals surface area contributed by atoms with Gasteiger partial charge in [0.25, 0.3) is 0 Å². The molecule has 0 aliphatic carbocycles. The maximum Gasteiger partial charge on any atom is 0.184 e. The van der Waals surface area contributed by atoms with Gasteiger partial charge in [0.05, 0.1) is 13.2 Å². The Labute approximate surface area is 116 Å². The largest absolute Gasteiger partial charge is 0.457 e. The zero-order chi connectivity index (χ0) is 13.8. The fourth-order valence-electron chi connectivity index (χ4n) is 2.03. The first-order valence-electron chi connectivity index (χ1n) is 6.41. The number of carbonyl (C=O) groups is 1. The van der Waals surface area contributed by atoms with Crippen molar-refractivity contribution in [2.24, 2.45) is 0 Å². The first kappa shape index (κ1) is 12.8. The minimum atomic E-state index is -0.309. The summed E-state index contributed by atoms with van der Waals surface area (Å²) in [5.41, 5.74) is 1.56. The van der Waals surface area contributed by atoms with Crippen LogP contribution in [-0.4, -0.2) is 19.5 Å². The summed E-state index contributed by atoms with van der Waals surface area (Å²) in [6.45, 7) is 1.23. The van der Waals surface area contributed by atoms with E-state index in [1.807, 2.05) is 24.3 Å².